The van der Waals surface area contributed by atoms with E-state index in [-0.39, 0.29) is 17.5 Å². The van der Waals surface area contributed by atoms with Crippen LogP contribution in [0.15, 0.2) is 66.7 Å². The van der Waals surface area contributed by atoms with E-state index in [1.54, 1.807) is 11.8 Å². The van der Waals surface area contributed by atoms with Gasteiger partial charge in [0.25, 0.3) is 11.6 Å². The number of carbonyl (C=O) groups excluding carboxylic acids is 2. The number of anilines is 2. The molecule has 2 aliphatic rings. The predicted octanol–water partition coefficient (Wildman–Crippen LogP) is 4.71. The van der Waals surface area contributed by atoms with Crippen LogP contribution in [0.4, 0.5) is 17.1 Å². The van der Waals surface area contributed by atoms with Crippen LogP contribution in [-0.4, -0.2) is 40.8 Å². The van der Waals surface area contributed by atoms with E-state index in [1.165, 1.54) is 29.4 Å². The summed E-state index contributed by atoms with van der Waals surface area (Å²) in [6.07, 6.45) is 2.36. The first-order valence-corrected chi connectivity index (χ1v) is 12.2. The van der Waals surface area contributed by atoms with Gasteiger partial charge in [0, 0.05) is 48.2 Å². The maximum Gasteiger partial charge on any atom is 0.272 e. The summed E-state index contributed by atoms with van der Waals surface area (Å²) in [7, 11) is 0. The lowest BCUT2D eigenvalue weighted by molar-refractivity contribution is -0.385. The lowest BCUT2D eigenvalue weighted by atomic mass is 10.1. The van der Waals surface area contributed by atoms with Crippen molar-refractivity contribution in [2.75, 3.05) is 23.3 Å². The molecule has 0 spiro atoms. The van der Waals surface area contributed by atoms with E-state index in [1.807, 2.05) is 24.3 Å². The zero-order valence-corrected chi connectivity index (χ0v) is 20.1. The van der Waals surface area contributed by atoms with E-state index < -0.39 is 11.0 Å². The Morgan fingerprint density at radius 1 is 1.06 bits per heavy atom. The Bertz CT molecular complexity index is 1320. The van der Waals surface area contributed by atoms with Crippen molar-refractivity contribution < 1.29 is 14.5 Å². The molecular weight excluding hydrogens is 456 g/mol. The second kappa shape index (κ2) is 9.81. The van der Waals surface area contributed by atoms with Gasteiger partial charge < -0.3 is 15.1 Å². The number of aryl methyl sites for hydroxylation is 1. The topological polar surface area (TPSA) is 95.8 Å². The fraction of sp³-hybridized carbons (Fsp3) is 0.286. The number of likely N-dealkylation sites (tertiary alicyclic amines) is 1. The van der Waals surface area contributed by atoms with E-state index in [2.05, 4.69) is 34.5 Å². The molecular formula is C28H28N4O4. The summed E-state index contributed by atoms with van der Waals surface area (Å²) in [5, 5.41) is 14.0. The Morgan fingerprint density at radius 2 is 1.83 bits per heavy atom. The number of nitro groups is 1. The number of nitro benzene ring substituents is 1. The number of carbonyl (C=O) groups is 2. The largest absolute Gasteiger partial charge is 0.367 e. The monoisotopic (exact) mass is 484 g/mol. The first-order valence-electron chi connectivity index (χ1n) is 12.2. The molecule has 0 aromatic heterocycles. The van der Waals surface area contributed by atoms with Crippen molar-refractivity contribution in [1.82, 2.24) is 4.90 Å². The number of nitrogens with zero attached hydrogens (tertiary/aromatic N) is 3. The van der Waals surface area contributed by atoms with Crippen molar-refractivity contribution in [3.05, 3.63) is 99.1 Å². The van der Waals surface area contributed by atoms with Crippen molar-refractivity contribution >= 4 is 28.9 Å². The van der Waals surface area contributed by atoms with Crippen molar-refractivity contribution in [2.24, 2.45) is 0 Å². The van der Waals surface area contributed by atoms with Gasteiger partial charge in [0.1, 0.15) is 6.04 Å². The SMILES string of the molecule is Cc1cc(C(=O)N2CCCC2C(=O)Nc2ccc(CN3CCc4ccccc43)cc2)ccc1[N+](=O)[O-]. The smallest absolute Gasteiger partial charge is 0.272 e. The second-order valence-electron chi connectivity index (χ2n) is 9.40. The molecule has 8 nitrogen and oxygen atoms in total. The second-order valence-corrected chi connectivity index (χ2v) is 9.40. The molecule has 0 saturated carbocycles. The molecule has 1 atom stereocenters. The van der Waals surface area contributed by atoms with Gasteiger partial charge in [-0.25, -0.2) is 0 Å². The van der Waals surface area contributed by atoms with Gasteiger partial charge in [-0.2, -0.15) is 0 Å². The van der Waals surface area contributed by atoms with E-state index >= 15 is 0 Å². The van der Waals surface area contributed by atoms with Crippen LogP contribution in [0, 0.1) is 17.0 Å². The van der Waals surface area contributed by atoms with Crippen molar-refractivity contribution in [3.8, 4) is 0 Å². The third-order valence-corrected chi connectivity index (χ3v) is 7.04. The molecule has 3 aromatic rings. The summed E-state index contributed by atoms with van der Waals surface area (Å²) in [6.45, 7) is 3.89. The van der Waals surface area contributed by atoms with Crippen LogP contribution in [0.3, 0.4) is 0 Å². The summed E-state index contributed by atoms with van der Waals surface area (Å²) < 4.78 is 0. The third kappa shape index (κ3) is 4.66. The minimum absolute atomic E-state index is 0.0281. The van der Waals surface area contributed by atoms with Gasteiger partial charge in [-0.15, -0.1) is 0 Å². The van der Waals surface area contributed by atoms with E-state index in [9.17, 15) is 19.7 Å². The minimum atomic E-state index is -0.575. The summed E-state index contributed by atoms with van der Waals surface area (Å²) in [4.78, 5) is 40.7. The highest BCUT2D eigenvalue weighted by Crippen LogP contribution is 2.29. The highest BCUT2D eigenvalue weighted by atomic mass is 16.6. The normalized spacial score (nSPS) is 16.6. The molecule has 36 heavy (non-hydrogen) atoms. The molecule has 1 fully saturated rings. The Kier molecular flexibility index (Phi) is 6.41. The highest BCUT2D eigenvalue weighted by molar-refractivity contribution is 6.01. The number of hydrogen-bond acceptors (Lipinski definition) is 5. The molecule has 1 saturated heterocycles. The molecule has 0 radical (unpaired) electrons. The maximum atomic E-state index is 13.1. The Balaban J connectivity index is 1.22. The standard InChI is InChI=1S/C28H28N4O4/c1-19-17-22(10-13-24(19)32(35)36)28(34)31-15-4-7-26(31)27(33)29-23-11-8-20(9-12-23)18-30-16-14-21-5-2-3-6-25(21)30/h2-3,5-6,8-13,17,26H,4,7,14-16,18H2,1H3,(H,29,33). The van der Waals surface area contributed by atoms with Crippen LogP contribution in [0.1, 0.15) is 39.9 Å². The third-order valence-electron chi connectivity index (χ3n) is 7.04. The van der Waals surface area contributed by atoms with Crippen LogP contribution < -0.4 is 10.2 Å². The average molecular weight is 485 g/mol. The van der Waals surface area contributed by atoms with E-state index in [0.29, 0.717) is 29.8 Å². The van der Waals surface area contributed by atoms with Crippen LogP contribution in [0.5, 0.6) is 0 Å². The highest BCUT2D eigenvalue weighted by Gasteiger charge is 2.35. The number of nitrogens with one attached hydrogen (secondary N) is 1. The number of amides is 2. The summed E-state index contributed by atoms with van der Waals surface area (Å²) >= 11 is 0. The van der Waals surface area contributed by atoms with Crippen LogP contribution in [-0.2, 0) is 17.8 Å². The zero-order chi connectivity index (χ0) is 25.2. The minimum Gasteiger partial charge on any atom is -0.367 e. The molecule has 1 unspecified atom stereocenters. The predicted molar refractivity (Wildman–Crippen MR) is 138 cm³/mol. The van der Waals surface area contributed by atoms with Gasteiger partial charge in [-0.1, -0.05) is 30.3 Å². The molecule has 0 bridgehead atoms. The number of benzene rings is 3. The molecule has 184 valence electrons. The lowest BCUT2D eigenvalue weighted by Crippen LogP contribution is -2.43. The van der Waals surface area contributed by atoms with Crippen molar-refractivity contribution in [3.63, 3.8) is 0 Å². The Labute approximate surface area is 209 Å². The molecule has 2 heterocycles. The number of hydrogen-bond donors (Lipinski definition) is 1. The van der Waals surface area contributed by atoms with Crippen LogP contribution >= 0.6 is 0 Å². The van der Waals surface area contributed by atoms with Gasteiger partial charge >= 0.3 is 0 Å². The zero-order valence-electron chi connectivity index (χ0n) is 20.1. The van der Waals surface area contributed by atoms with Crippen LogP contribution in [0.25, 0.3) is 0 Å². The lowest BCUT2D eigenvalue weighted by Gasteiger charge is -2.24. The molecule has 8 heteroatoms. The summed E-state index contributed by atoms with van der Waals surface area (Å²) in [6, 6.07) is 20.1. The first kappa shape index (κ1) is 23.5. The first-order chi connectivity index (χ1) is 17.4. The number of fused-ring (bicyclic) bond motifs is 1. The van der Waals surface area contributed by atoms with E-state index in [4.69, 9.17) is 0 Å². The molecule has 5 rings (SSSR count). The van der Waals surface area contributed by atoms with Gasteiger partial charge in [0.2, 0.25) is 5.91 Å². The van der Waals surface area contributed by atoms with Crippen molar-refractivity contribution in [1.29, 1.82) is 0 Å². The summed E-state index contributed by atoms with van der Waals surface area (Å²) in [5.41, 5.74) is 5.26. The molecule has 2 amide bonds. The van der Waals surface area contributed by atoms with Gasteiger partial charge in [0.05, 0.1) is 4.92 Å². The summed E-state index contributed by atoms with van der Waals surface area (Å²) in [5.74, 6) is -0.507. The van der Waals surface area contributed by atoms with Crippen molar-refractivity contribution in [2.45, 2.75) is 38.8 Å². The maximum absolute atomic E-state index is 13.1. The number of rotatable bonds is 6. The quantitative estimate of drug-likeness (QED) is 0.404. The fourth-order valence-corrected chi connectivity index (χ4v) is 5.15. The Hall–Kier alpha value is -4.20. The molecule has 3 aromatic carbocycles. The number of para-hydroxylation sites is 1. The van der Waals surface area contributed by atoms with E-state index in [0.717, 1.165) is 31.5 Å². The van der Waals surface area contributed by atoms with Gasteiger partial charge in [0.15, 0.2) is 0 Å². The molecule has 2 aliphatic heterocycles. The van der Waals surface area contributed by atoms with Gasteiger partial charge in [-0.05, 0) is 67.6 Å². The molecule has 1 N–H and O–H groups in total. The molecule has 0 aliphatic carbocycles. The van der Waals surface area contributed by atoms with Gasteiger partial charge in [-0.3, -0.25) is 19.7 Å². The Morgan fingerprint density at radius 3 is 2.58 bits per heavy atom. The van der Waals surface area contributed by atoms with Crippen LogP contribution in [0.2, 0.25) is 0 Å². The average Bonchev–Trinajstić information content (AvgIpc) is 3.52. The fourth-order valence-electron chi connectivity index (χ4n) is 5.15.